The van der Waals surface area contributed by atoms with Gasteiger partial charge in [0, 0.05) is 30.7 Å². The molecule has 102 valence electrons. The van der Waals surface area contributed by atoms with Gasteiger partial charge in [0.25, 0.3) is 0 Å². The Labute approximate surface area is 112 Å². The van der Waals surface area contributed by atoms with Gasteiger partial charge in [-0.25, -0.2) is 9.78 Å². The average molecular weight is 271 g/mol. The fourth-order valence-electron chi connectivity index (χ4n) is 1.25. The van der Waals surface area contributed by atoms with Crippen LogP contribution in [-0.2, 0) is 11.3 Å². The zero-order valence-electron chi connectivity index (χ0n) is 11.4. The highest BCUT2D eigenvalue weighted by atomic mass is 32.1. The molecule has 1 aromatic rings. The van der Waals surface area contributed by atoms with Crippen LogP contribution in [0.4, 0.5) is 4.79 Å². The number of thiazole rings is 1. The number of hydrogen-bond donors (Lipinski definition) is 2. The molecule has 0 aliphatic carbocycles. The first-order valence-electron chi connectivity index (χ1n) is 5.96. The summed E-state index contributed by atoms with van der Waals surface area (Å²) in [6.07, 6.45) is 1.48. The van der Waals surface area contributed by atoms with Gasteiger partial charge in [-0.15, -0.1) is 11.3 Å². The summed E-state index contributed by atoms with van der Waals surface area (Å²) < 4.78 is 5.12. The van der Waals surface area contributed by atoms with Crippen LogP contribution in [0.2, 0.25) is 0 Å². The predicted molar refractivity (Wildman–Crippen MR) is 72.8 cm³/mol. The van der Waals surface area contributed by atoms with E-state index in [1.807, 2.05) is 33.9 Å². The maximum absolute atomic E-state index is 11.3. The normalized spacial score (nSPS) is 11.3. The third-order valence-electron chi connectivity index (χ3n) is 1.92. The van der Waals surface area contributed by atoms with Crippen LogP contribution in [0.25, 0.3) is 0 Å². The quantitative estimate of drug-likeness (QED) is 0.805. The van der Waals surface area contributed by atoms with E-state index in [1.165, 1.54) is 4.88 Å². The summed E-state index contributed by atoms with van der Waals surface area (Å²) in [6.45, 7) is 9.53. The SMILES string of the molecule is Cc1cnc(CNCCNC(=O)OC(C)(C)C)s1. The van der Waals surface area contributed by atoms with Gasteiger partial charge in [-0.05, 0) is 27.7 Å². The molecule has 1 heterocycles. The number of hydrogen-bond acceptors (Lipinski definition) is 5. The van der Waals surface area contributed by atoms with Gasteiger partial charge in [-0.3, -0.25) is 0 Å². The van der Waals surface area contributed by atoms with Crippen molar-refractivity contribution in [2.24, 2.45) is 0 Å². The van der Waals surface area contributed by atoms with Gasteiger partial charge in [0.1, 0.15) is 10.6 Å². The second kappa shape index (κ2) is 6.70. The first kappa shape index (κ1) is 14.9. The van der Waals surface area contributed by atoms with Crippen molar-refractivity contribution in [1.29, 1.82) is 0 Å². The lowest BCUT2D eigenvalue weighted by molar-refractivity contribution is 0.0528. The van der Waals surface area contributed by atoms with Crippen LogP contribution < -0.4 is 10.6 Å². The van der Waals surface area contributed by atoms with Crippen molar-refractivity contribution < 1.29 is 9.53 Å². The largest absolute Gasteiger partial charge is 0.444 e. The summed E-state index contributed by atoms with van der Waals surface area (Å²) in [6, 6.07) is 0. The zero-order chi connectivity index (χ0) is 13.6. The Kier molecular flexibility index (Phi) is 5.55. The van der Waals surface area contributed by atoms with Crippen molar-refractivity contribution in [3.63, 3.8) is 0 Å². The molecule has 0 aliphatic heterocycles. The Morgan fingerprint density at radius 1 is 1.44 bits per heavy atom. The van der Waals surface area contributed by atoms with Gasteiger partial charge in [0.15, 0.2) is 0 Å². The van der Waals surface area contributed by atoms with Gasteiger partial charge in [-0.1, -0.05) is 0 Å². The van der Waals surface area contributed by atoms with Gasteiger partial charge in [0.2, 0.25) is 0 Å². The maximum Gasteiger partial charge on any atom is 0.407 e. The Hall–Kier alpha value is -1.14. The minimum absolute atomic E-state index is 0.380. The molecule has 1 aromatic heterocycles. The smallest absolute Gasteiger partial charge is 0.407 e. The zero-order valence-corrected chi connectivity index (χ0v) is 12.2. The summed E-state index contributed by atoms with van der Waals surface area (Å²) in [5.74, 6) is 0. The molecule has 0 saturated carbocycles. The van der Waals surface area contributed by atoms with Gasteiger partial charge in [0.05, 0.1) is 0 Å². The molecule has 0 bridgehead atoms. The van der Waals surface area contributed by atoms with E-state index in [0.717, 1.165) is 11.6 Å². The van der Waals surface area contributed by atoms with E-state index in [1.54, 1.807) is 11.3 Å². The first-order chi connectivity index (χ1) is 8.37. The maximum atomic E-state index is 11.3. The highest BCUT2D eigenvalue weighted by molar-refractivity contribution is 7.11. The molecule has 0 spiro atoms. The minimum Gasteiger partial charge on any atom is -0.444 e. The van der Waals surface area contributed by atoms with E-state index < -0.39 is 5.60 Å². The van der Waals surface area contributed by atoms with Crippen molar-refractivity contribution in [3.05, 3.63) is 16.1 Å². The molecule has 2 N–H and O–H groups in total. The number of aryl methyl sites for hydroxylation is 1. The molecule has 0 aromatic carbocycles. The van der Waals surface area contributed by atoms with Gasteiger partial charge in [-0.2, -0.15) is 0 Å². The Morgan fingerprint density at radius 2 is 2.17 bits per heavy atom. The monoisotopic (exact) mass is 271 g/mol. The van der Waals surface area contributed by atoms with E-state index in [4.69, 9.17) is 4.74 Å². The molecule has 6 heteroatoms. The summed E-state index contributed by atoms with van der Waals surface area (Å²) in [7, 11) is 0. The number of amides is 1. The molecule has 1 rings (SSSR count). The predicted octanol–water partition coefficient (Wildman–Crippen LogP) is 2.07. The number of alkyl carbamates (subject to hydrolysis) is 1. The van der Waals surface area contributed by atoms with Crippen LogP contribution in [0.1, 0.15) is 30.7 Å². The van der Waals surface area contributed by atoms with Crippen LogP contribution in [0.15, 0.2) is 6.20 Å². The minimum atomic E-state index is -0.448. The molecule has 0 saturated heterocycles. The number of nitrogens with one attached hydrogen (secondary N) is 2. The Balaban J connectivity index is 2.07. The van der Waals surface area contributed by atoms with Crippen molar-refractivity contribution in [3.8, 4) is 0 Å². The number of carbonyl (C=O) groups excluding carboxylic acids is 1. The Bertz CT molecular complexity index is 385. The third-order valence-corrected chi connectivity index (χ3v) is 2.83. The number of ether oxygens (including phenoxy) is 1. The number of rotatable bonds is 5. The first-order valence-corrected chi connectivity index (χ1v) is 6.77. The molecule has 0 radical (unpaired) electrons. The Morgan fingerprint density at radius 3 is 2.72 bits per heavy atom. The third kappa shape index (κ3) is 6.56. The van der Waals surface area contributed by atoms with Crippen LogP contribution in [0.5, 0.6) is 0 Å². The van der Waals surface area contributed by atoms with Crippen molar-refractivity contribution in [2.45, 2.75) is 39.8 Å². The molecule has 0 aliphatic rings. The number of aromatic nitrogens is 1. The van der Waals surface area contributed by atoms with Crippen molar-refractivity contribution in [1.82, 2.24) is 15.6 Å². The van der Waals surface area contributed by atoms with E-state index in [-0.39, 0.29) is 6.09 Å². The molecule has 0 atom stereocenters. The fraction of sp³-hybridized carbons (Fsp3) is 0.667. The lowest BCUT2D eigenvalue weighted by Crippen LogP contribution is -2.36. The van der Waals surface area contributed by atoms with E-state index in [2.05, 4.69) is 15.6 Å². The van der Waals surface area contributed by atoms with Crippen molar-refractivity contribution >= 4 is 17.4 Å². The average Bonchev–Trinajstić information content (AvgIpc) is 2.61. The van der Waals surface area contributed by atoms with Crippen molar-refractivity contribution in [2.75, 3.05) is 13.1 Å². The van der Waals surface area contributed by atoms with Crippen LogP contribution in [0, 0.1) is 6.92 Å². The molecule has 18 heavy (non-hydrogen) atoms. The lowest BCUT2D eigenvalue weighted by atomic mass is 10.2. The molecular formula is C12H21N3O2S. The summed E-state index contributed by atoms with van der Waals surface area (Å²) in [5, 5.41) is 6.96. The molecular weight excluding hydrogens is 250 g/mol. The fourth-order valence-corrected chi connectivity index (χ4v) is 2.00. The van der Waals surface area contributed by atoms with E-state index in [0.29, 0.717) is 13.1 Å². The highest BCUT2D eigenvalue weighted by Crippen LogP contribution is 2.10. The van der Waals surface area contributed by atoms with Crippen LogP contribution >= 0.6 is 11.3 Å². The molecule has 0 unspecified atom stereocenters. The summed E-state index contributed by atoms with van der Waals surface area (Å²) >= 11 is 1.67. The van der Waals surface area contributed by atoms with E-state index >= 15 is 0 Å². The van der Waals surface area contributed by atoms with Gasteiger partial charge >= 0.3 is 6.09 Å². The lowest BCUT2D eigenvalue weighted by Gasteiger charge is -2.19. The van der Waals surface area contributed by atoms with Crippen LogP contribution in [-0.4, -0.2) is 29.8 Å². The highest BCUT2D eigenvalue weighted by Gasteiger charge is 2.15. The summed E-state index contributed by atoms with van der Waals surface area (Å²) in [5.41, 5.74) is -0.448. The standard InChI is InChI=1S/C12H21N3O2S/c1-9-7-15-10(18-9)8-13-5-6-14-11(16)17-12(2,3)4/h7,13H,5-6,8H2,1-4H3,(H,14,16). The van der Waals surface area contributed by atoms with Gasteiger partial charge < -0.3 is 15.4 Å². The topological polar surface area (TPSA) is 63.2 Å². The molecule has 0 fully saturated rings. The second-order valence-electron chi connectivity index (χ2n) is 4.97. The van der Waals surface area contributed by atoms with E-state index in [9.17, 15) is 4.79 Å². The second-order valence-corrected chi connectivity index (χ2v) is 6.29. The summed E-state index contributed by atoms with van der Waals surface area (Å²) in [4.78, 5) is 16.8. The number of nitrogens with zero attached hydrogens (tertiary/aromatic N) is 1. The molecule has 5 nitrogen and oxygen atoms in total. The van der Waals surface area contributed by atoms with Crippen LogP contribution in [0.3, 0.4) is 0 Å². The number of carbonyl (C=O) groups is 1. The molecule has 1 amide bonds.